The van der Waals surface area contributed by atoms with Gasteiger partial charge in [-0.3, -0.25) is 0 Å². The molecule has 8 heteroatoms. The summed E-state index contributed by atoms with van der Waals surface area (Å²) in [5.41, 5.74) is 1.19. The van der Waals surface area contributed by atoms with Crippen LogP contribution in [0.5, 0.6) is 0 Å². The van der Waals surface area contributed by atoms with Crippen LogP contribution in [0.4, 0.5) is 15.8 Å². The normalized spacial score (nSPS) is 9.27. The highest BCUT2D eigenvalue weighted by molar-refractivity contribution is 6.33. The highest BCUT2D eigenvalue weighted by Gasteiger charge is 2.02. The lowest BCUT2D eigenvalue weighted by atomic mass is 10.3. The highest BCUT2D eigenvalue weighted by atomic mass is 35.5. The third-order valence-corrected chi connectivity index (χ3v) is 2.97. The zero-order valence-corrected chi connectivity index (χ0v) is 12.7. The van der Waals surface area contributed by atoms with E-state index in [1.54, 1.807) is 31.3 Å². The minimum Gasteiger partial charge on any atom is -0.232 e. The number of hydrogen-bond donors (Lipinski definition) is 0. The molecule has 0 aliphatic rings. The number of para-hydroxylation sites is 1. The Labute approximate surface area is 132 Å². The Morgan fingerprint density at radius 2 is 1.45 bits per heavy atom. The van der Waals surface area contributed by atoms with Crippen molar-refractivity contribution in [1.82, 2.24) is 0 Å². The van der Waals surface area contributed by atoms with Crippen LogP contribution < -0.4 is 10.0 Å². The van der Waals surface area contributed by atoms with Crippen molar-refractivity contribution in [3.8, 4) is 0 Å². The molecule has 0 saturated carbocycles. The molecule has 2 aromatic rings. The Hall–Kier alpha value is -2.54. The molecule has 0 aliphatic heterocycles. The first-order chi connectivity index (χ1) is 10.5. The first kappa shape index (κ1) is 17.5. The second kappa shape index (κ2) is 8.68. The summed E-state index contributed by atoms with van der Waals surface area (Å²) < 4.78 is 12.3. The maximum absolute atomic E-state index is 12.3. The molecule has 0 aliphatic carbocycles. The van der Waals surface area contributed by atoms with Crippen LogP contribution in [-0.2, 0) is 0 Å². The Balaban J connectivity index is 0.000000220. The second-order valence-electron chi connectivity index (χ2n) is 4.14. The lowest BCUT2D eigenvalue weighted by Gasteiger charge is -2.08. The van der Waals surface area contributed by atoms with Crippen LogP contribution in [-0.4, -0.2) is 14.1 Å². The van der Waals surface area contributed by atoms with Crippen LogP contribution in [0.3, 0.4) is 0 Å². The van der Waals surface area contributed by atoms with Gasteiger partial charge >= 0.3 is 0 Å². The molecule has 0 N–H and O–H groups in total. The first-order valence-electron chi connectivity index (χ1n) is 6.13. The van der Waals surface area contributed by atoms with Gasteiger partial charge in [0, 0.05) is 14.1 Å². The lowest BCUT2D eigenvalue weighted by molar-refractivity contribution is 0.627. The van der Waals surface area contributed by atoms with Crippen molar-refractivity contribution in [3.05, 3.63) is 69.2 Å². The van der Waals surface area contributed by atoms with E-state index in [9.17, 15) is 14.2 Å². The van der Waals surface area contributed by atoms with Gasteiger partial charge in [0.25, 0.3) is 0 Å². The van der Waals surface area contributed by atoms with Crippen LogP contribution in [0.2, 0.25) is 5.02 Å². The van der Waals surface area contributed by atoms with Crippen LogP contribution in [0, 0.1) is 15.6 Å². The largest absolute Gasteiger partial charge is 0.232 e. The fraction of sp³-hybridized carbons (Fsp3) is 0.143. The molecule has 0 fully saturated rings. The van der Waals surface area contributed by atoms with Gasteiger partial charge in [0.15, 0.2) is 0 Å². The van der Waals surface area contributed by atoms with E-state index < -0.39 is 0 Å². The van der Waals surface area contributed by atoms with Crippen molar-refractivity contribution in [2.45, 2.75) is 0 Å². The molecule has 0 bridgehead atoms. The number of halogens is 2. The average molecular weight is 325 g/mol. The summed E-state index contributed by atoms with van der Waals surface area (Å²) >= 11 is 5.76. The Morgan fingerprint density at radius 3 is 1.95 bits per heavy atom. The number of hydrogen-bond acceptors (Lipinski definition) is 4. The van der Waals surface area contributed by atoms with Crippen molar-refractivity contribution >= 4 is 23.0 Å². The van der Waals surface area contributed by atoms with Gasteiger partial charge in [-0.15, -0.1) is 9.81 Å². The van der Waals surface area contributed by atoms with E-state index in [0.717, 1.165) is 5.01 Å². The Morgan fingerprint density at radius 1 is 0.909 bits per heavy atom. The number of benzene rings is 2. The van der Waals surface area contributed by atoms with Gasteiger partial charge in [-0.05, 0) is 36.4 Å². The quantitative estimate of drug-likeness (QED) is 0.617. The third kappa shape index (κ3) is 5.10. The van der Waals surface area contributed by atoms with E-state index in [4.69, 9.17) is 11.6 Å². The molecule has 0 unspecified atom stereocenters. The smallest absolute Gasteiger partial charge is 0.123 e. The molecule has 0 spiro atoms. The van der Waals surface area contributed by atoms with Gasteiger partial charge in [-0.25, -0.2) is 14.4 Å². The second-order valence-corrected chi connectivity index (χ2v) is 4.55. The van der Waals surface area contributed by atoms with Crippen LogP contribution in [0.1, 0.15) is 0 Å². The molecule has 116 valence electrons. The average Bonchev–Trinajstić information content (AvgIpc) is 2.55. The predicted molar refractivity (Wildman–Crippen MR) is 86.2 cm³/mol. The summed E-state index contributed by atoms with van der Waals surface area (Å²) in [6.07, 6.45) is 0. The van der Waals surface area contributed by atoms with Crippen molar-refractivity contribution < 1.29 is 4.39 Å². The SMILES string of the molecule is CN(N=O)c1ccc(F)cc1.CN(N=O)c1ccccc1Cl. The van der Waals surface area contributed by atoms with Gasteiger partial charge < -0.3 is 0 Å². The van der Waals surface area contributed by atoms with Gasteiger partial charge in [0.05, 0.1) is 27.0 Å². The van der Waals surface area contributed by atoms with Gasteiger partial charge in [-0.2, -0.15) is 0 Å². The maximum atomic E-state index is 12.3. The summed E-state index contributed by atoms with van der Waals surface area (Å²) in [6.45, 7) is 0. The Kier molecular flexibility index (Phi) is 6.91. The monoisotopic (exact) mass is 324 g/mol. The first-order valence-corrected chi connectivity index (χ1v) is 6.51. The summed E-state index contributed by atoms with van der Waals surface area (Å²) in [5, 5.41) is 8.20. The van der Waals surface area contributed by atoms with Crippen LogP contribution in [0.15, 0.2) is 59.1 Å². The molecule has 0 amide bonds. The molecular formula is C14H14ClFN4O2. The summed E-state index contributed by atoms with van der Waals surface area (Å²) in [5.74, 6) is -0.326. The molecule has 0 radical (unpaired) electrons. The molecule has 0 atom stereocenters. The minimum atomic E-state index is -0.326. The zero-order valence-electron chi connectivity index (χ0n) is 12.0. The predicted octanol–water partition coefficient (Wildman–Crippen LogP) is 4.40. The minimum absolute atomic E-state index is 0.326. The van der Waals surface area contributed by atoms with Crippen LogP contribution >= 0.6 is 11.6 Å². The van der Waals surface area contributed by atoms with Crippen molar-refractivity contribution in [2.24, 2.45) is 10.6 Å². The number of anilines is 2. The van der Waals surface area contributed by atoms with E-state index >= 15 is 0 Å². The third-order valence-electron chi connectivity index (χ3n) is 2.65. The fourth-order valence-electron chi connectivity index (χ4n) is 1.46. The zero-order chi connectivity index (χ0) is 16.5. The number of nitrogens with zero attached hydrogens (tertiary/aromatic N) is 4. The van der Waals surface area contributed by atoms with Gasteiger partial charge in [0.2, 0.25) is 0 Å². The summed E-state index contributed by atoms with van der Waals surface area (Å²) in [4.78, 5) is 20.0. The van der Waals surface area contributed by atoms with E-state index in [1.807, 2.05) is 0 Å². The van der Waals surface area contributed by atoms with E-state index in [2.05, 4.69) is 10.6 Å². The van der Waals surface area contributed by atoms with Gasteiger partial charge in [0.1, 0.15) is 5.82 Å². The number of nitroso groups, excluding NO2 is 2. The molecule has 0 saturated heterocycles. The molecule has 0 heterocycles. The van der Waals surface area contributed by atoms with Crippen molar-refractivity contribution in [1.29, 1.82) is 0 Å². The van der Waals surface area contributed by atoms with E-state index in [0.29, 0.717) is 16.4 Å². The van der Waals surface area contributed by atoms with E-state index in [1.165, 1.54) is 36.3 Å². The fourth-order valence-corrected chi connectivity index (χ4v) is 1.72. The molecule has 2 aromatic carbocycles. The molecule has 0 aromatic heterocycles. The lowest BCUT2D eigenvalue weighted by Crippen LogP contribution is -2.06. The van der Waals surface area contributed by atoms with Crippen LogP contribution in [0.25, 0.3) is 0 Å². The van der Waals surface area contributed by atoms with Crippen molar-refractivity contribution in [3.63, 3.8) is 0 Å². The van der Waals surface area contributed by atoms with Gasteiger partial charge in [-0.1, -0.05) is 23.7 Å². The Bertz CT molecular complexity index is 624. The molecule has 2 rings (SSSR count). The summed E-state index contributed by atoms with van der Waals surface area (Å²) in [6, 6.07) is 12.5. The topological polar surface area (TPSA) is 65.3 Å². The molecule has 6 nitrogen and oxygen atoms in total. The van der Waals surface area contributed by atoms with E-state index in [-0.39, 0.29) is 5.82 Å². The number of rotatable bonds is 4. The maximum Gasteiger partial charge on any atom is 0.123 e. The summed E-state index contributed by atoms with van der Waals surface area (Å²) in [7, 11) is 3.05. The standard InChI is InChI=1S/C7H7ClN2O.C7H7FN2O/c1-10(9-11)7-5-3-2-4-6(7)8;1-10(9-11)7-4-2-6(8)3-5-7/h2*2-5H,1H3. The van der Waals surface area contributed by atoms with Crippen molar-refractivity contribution in [2.75, 3.05) is 24.1 Å². The molecular weight excluding hydrogens is 311 g/mol. The highest BCUT2D eigenvalue weighted by Crippen LogP contribution is 2.23. The molecule has 22 heavy (non-hydrogen) atoms.